The normalized spacial score (nSPS) is 30.7. The SMILES string of the molecule is CSCC[C@H](NC(=O)[C@H](CCC(=O)O)NC(=O)[C@H](CCC(=O)O)NC(=O)C12CC[C@@H](C)[C@H](C)[C@H]1C1=CC[C@@H]3[C@@]4(C)C[C@@H](O)[C@H](O)[C@@](C)(CO)C4CC[C@@]3(C)[C@]1(C)CC2)C(=O)N[C@@H](CCC(N)=O)C(=O)N[C@@H](CCCN=C(N)N)C(=O)N[C@@H](CCCN=C(N)N)C(N)=O. The number of rotatable bonds is 34. The van der Waals surface area contributed by atoms with Crippen LogP contribution in [0, 0.1) is 56.7 Å². The molecule has 0 bridgehead atoms. The van der Waals surface area contributed by atoms with Crippen molar-refractivity contribution < 1.29 is 73.5 Å². The molecule has 2 unspecified atom stereocenters. The fourth-order valence-electron chi connectivity index (χ4n) is 16.4. The highest BCUT2D eigenvalue weighted by Gasteiger charge is 2.71. The minimum absolute atomic E-state index is 0.00626. The molecule has 0 radical (unpaired) electrons. The highest BCUT2D eigenvalue weighted by Crippen LogP contribution is 2.76. The summed E-state index contributed by atoms with van der Waals surface area (Å²) in [6.07, 6.45) is 3.63. The maximum atomic E-state index is 15.5. The topological polar surface area (TPSA) is 525 Å². The van der Waals surface area contributed by atoms with E-state index in [1.807, 2.05) is 6.92 Å². The molecule has 30 heteroatoms. The number of guanidine groups is 2. The molecule has 4 fully saturated rings. The molecule has 5 rings (SSSR count). The van der Waals surface area contributed by atoms with Crippen molar-refractivity contribution in [3.05, 3.63) is 11.6 Å². The third kappa shape index (κ3) is 17.5. The van der Waals surface area contributed by atoms with E-state index >= 15 is 4.79 Å². The van der Waals surface area contributed by atoms with Crippen molar-refractivity contribution in [1.82, 2.24) is 31.9 Å². The largest absolute Gasteiger partial charge is 0.481 e. The first-order chi connectivity index (χ1) is 43.1. The molecule has 0 aromatic carbocycles. The summed E-state index contributed by atoms with van der Waals surface area (Å²) in [5.74, 6) is -10.1. The number of aliphatic carboxylic acids is 2. The van der Waals surface area contributed by atoms with Crippen LogP contribution in [0.15, 0.2) is 21.6 Å². The molecule has 0 aromatic rings. The predicted octanol–water partition coefficient (Wildman–Crippen LogP) is -0.802. The van der Waals surface area contributed by atoms with Gasteiger partial charge in [0.25, 0.3) is 0 Å². The van der Waals surface area contributed by atoms with Gasteiger partial charge in [-0.05, 0) is 161 Å². The number of aliphatic hydroxyl groups is 3. The molecule has 0 heterocycles. The summed E-state index contributed by atoms with van der Waals surface area (Å²) >= 11 is 1.28. The number of nitrogens with two attached hydrogens (primary N) is 6. The van der Waals surface area contributed by atoms with Gasteiger partial charge in [-0.1, -0.05) is 53.2 Å². The molecule has 5 aliphatic rings. The quantitative estimate of drug-likeness (QED) is 0.0162. The Bertz CT molecular complexity index is 2800. The number of fused-ring (bicyclic) bond motifs is 7. The Hall–Kier alpha value is -6.79. The fraction of sp³-hybridized carbons (Fsp3) is 0.774. The summed E-state index contributed by atoms with van der Waals surface area (Å²) in [7, 11) is 0. The molecular formula is C62H104N14O15S. The van der Waals surface area contributed by atoms with Gasteiger partial charge in [-0.25, -0.2) is 0 Å². The number of aliphatic imine (C=N–C) groups is 2. The standard InChI is InChI=1S/C62H104N14O15S/c1-32-20-24-62(26-25-60(5)34(47(62)33(32)2)12-16-43-58(3)30-41(78)48(84)59(4,31-77)42(58)21-23-61(43,60)6)55(91)76-39(15-19-46(82)83)53(89)74-38(14-18-45(80)81)52(88)75-40(22-29-92-7)54(90)73-37(13-17-44(63)79)51(87)72-36(11-9-28-70-57(67)68)50(86)71-35(49(64)85)10-8-27-69-56(65)66/h12,32-33,35-43,47-48,77-78,84H,8-11,13-31H2,1-7H3,(H2,63,79)(H2,64,85)(H,71,86)(H,72,87)(H,73,90)(H,74,89)(H,75,88)(H,76,91)(H,80,81)(H,82,83)(H4,65,66,69)(H4,67,68,70)/t32-,33+,35+,36+,37+,38+,39+,40+,41-,42?,43-,47+,48+,58+,59+,60-,61-,62?/m1/s1. The van der Waals surface area contributed by atoms with Gasteiger partial charge in [-0.3, -0.25) is 57.9 Å². The van der Waals surface area contributed by atoms with Crippen LogP contribution in [0.2, 0.25) is 0 Å². The number of carboxylic acids is 2. The van der Waals surface area contributed by atoms with Crippen molar-refractivity contribution in [1.29, 1.82) is 0 Å². The zero-order valence-corrected chi connectivity index (χ0v) is 55.2. The molecule has 0 aromatic heterocycles. The predicted molar refractivity (Wildman–Crippen MR) is 344 cm³/mol. The molecule has 8 amide bonds. The minimum atomic E-state index is -1.69. The van der Waals surface area contributed by atoms with Crippen LogP contribution in [0.25, 0.3) is 0 Å². The number of nitrogens with one attached hydrogen (secondary N) is 6. The fourth-order valence-corrected chi connectivity index (χ4v) is 16.9. The third-order valence-electron chi connectivity index (χ3n) is 21.8. The van der Waals surface area contributed by atoms with E-state index in [0.29, 0.717) is 44.9 Å². The second-order valence-electron chi connectivity index (χ2n) is 27.5. The van der Waals surface area contributed by atoms with Crippen molar-refractivity contribution >= 4 is 82.9 Å². The smallest absolute Gasteiger partial charge is 0.303 e. The number of amides is 8. The monoisotopic (exact) mass is 1320 g/mol. The van der Waals surface area contributed by atoms with E-state index in [0.717, 1.165) is 12.0 Å². The maximum Gasteiger partial charge on any atom is 0.303 e. The van der Waals surface area contributed by atoms with Crippen LogP contribution in [0.5, 0.6) is 0 Å². The molecular weight excluding hydrogens is 1210 g/mol. The number of carbonyl (C=O) groups excluding carboxylic acids is 8. The second-order valence-corrected chi connectivity index (χ2v) is 28.5. The number of aliphatic hydroxyl groups excluding tert-OH is 3. The van der Waals surface area contributed by atoms with Crippen molar-refractivity contribution in [3.63, 3.8) is 0 Å². The lowest BCUT2D eigenvalue weighted by Gasteiger charge is -2.72. The molecule has 18 atom stereocenters. The van der Waals surface area contributed by atoms with E-state index in [2.05, 4.69) is 82.6 Å². The molecule has 5 aliphatic carbocycles. The van der Waals surface area contributed by atoms with Gasteiger partial charge in [0, 0.05) is 37.8 Å². The number of primary amides is 2. The summed E-state index contributed by atoms with van der Waals surface area (Å²) in [6.45, 7) is 12.8. The van der Waals surface area contributed by atoms with E-state index in [1.54, 1.807) is 6.26 Å². The van der Waals surface area contributed by atoms with Gasteiger partial charge in [0.15, 0.2) is 11.9 Å². The number of hydrogen-bond donors (Lipinski definition) is 17. The van der Waals surface area contributed by atoms with Crippen LogP contribution >= 0.6 is 11.8 Å². The first kappa shape index (κ1) is 75.9. The van der Waals surface area contributed by atoms with Gasteiger partial charge in [0.2, 0.25) is 47.3 Å². The van der Waals surface area contributed by atoms with Gasteiger partial charge in [0.1, 0.15) is 36.3 Å². The number of hydrogen-bond acceptors (Lipinski definition) is 16. The summed E-state index contributed by atoms with van der Waals surface area (Å²) in [5.41, 5.74) is 30.8. The Morgan fingerprint density at radius 3 is 1.54 bits per heavy atom. The molecule has 0 aliphatic heterocycles. The van der Waals surface area contributed by atoms with Gasteiger partial charge < -0.3 is 91.8 Å². The molecule has 0 saturated heterocycles. The summed E-state index contributed by atoms with van der Waals surface area (Å²) in [4.78, 5) is 144. The van der Waals surface area contributed by atoms with Crippen molar-refractivity contribution in [3.8, 4) is 0 Å². The van der Waals surface area contributed by atoms with Crippen molar-refractivity contribution in [2.45, 2.75) is 212 Å². The highest BCUT2D eigenvalue weighted by atomic mass is 32.2. The number of thioether (sulfide) groups is 1. The van der Waals surface area contributed by atoms with Crippen molar-refractivity contribution in [2.24, 2.45) is 101 Å². The lowest BCUT2D eigenvalue weighted by atomic mass is 9.33. The maximum absolute atomic E-state index is 15.5. The van der Waals surface area contributed by atoms with Crippen molar-refractivity contribution in [2.75, 3.05) is 31.7 Å². The molecule has 518 valence electrons. The first-order valence-electron chi connectivity index (χ1n) is 32.2. The van der Waals surface area contributed by atoms with Crippen LogP contribution in [0.4, 0.5) is 0 Å². The Labute approximate surface area is 542 Å². The van der Waals surface area contributed by atoms with Crippen LogP contribution in [0.3, 0.4) is 0 Å². The lowest BCUT2D eigenvalue weighted by molar-refractivity contribution is -0.243. The summed E-state index contributed by atoms with van der Waals surface area (Å²) in [6, 6.07) is -8.97. The average Bonchev–Trinajstić information content (AvgIpc) is 0.676. The van der Waals surface area contributed by atoms with Crippen LogP contribution in [0.1, 0.15) is 164 Å². The third-order valence-corrected chi connectivity index (χ3v) is 22.5. The minimum Gasteiger partial charge on any atom is -0.481 e. The molecule has 29 nitrogen and oxygen atoms in total. The Morgan fingerprint density at radius 1 is 0.609 bits per heavy atom. The zero-order valence-electron chi connectivity index (χ0n) is 54.4. The number of allylic oxidation sites excluding steroid dienone is 2. The van der Waals surface area contributed by atoms with Gasteiger partial charge in [-0.15, -0.1) is 0 Å². The molecule has 0 spiro atoms. The number of nitrogens with zero attached hydrogens (tertiary/aromatic N) is 2. The number of carbonyl (C=O) groups is 10. The second kappa shape index (κ2) is 32.4. The van der Waals surface area contributed by atoms with Crippen LogP contribution in [-0.2, 0) is 47.9 Å². The van der Waals surface area contributed by atoms with Crippen LogP contribution < -0.4 is 66.3 Å². The van der Waals surface area contributed by atoms with E-state index in [9.17, 15) is 68.7 Å². The Morgan fingerprint density at radius 2 is 1.08 bits per heavy atom. The van der Waals surface area contributed by atoms with Crippen LogP contribution in [-0.4, -0.2) is 177 Å². The van der Waals surface area contributed by atoms with E-state index < -0.39 is 168 Å². The lowest BCUT2D eigenvalue weighted by Crippen LogP contribution is -2.68. The molecule has 23 N–H and O–H groups in total. The van der Waals surface area contributed by atoms with E-state index in [4.69, 9.17) is 34.4 Å². The van der Waals surface area contributed by atoms with E-state index in [-0.39, 0.29) is 104 Å². The number of carboxylic acid groups (broad SMARTS) is 2. The zero-order chi connectivity index (χ0) is 68.8. The van der Waals surface area contributed by atoms with E-state index in [1.165, 1.54) is 11.8 Å². The highest BCUT2D eigenvalue weighted by molar-refractivity contribution is 7.98. The Kier molecular flexibility index (Phi) is 26.7. The average molecular weight is 1320 g/mol. The van der Waals surface area contributed by atoms with Gasteiger partial charge in [-0.2, -0.15) is 11.8 Å². The first-order valence-corrected chi connectivity index (χ1v) is 33.6. The summed E-state index contributed by atoms with van der Waals surface area (Å²) in [5, 5.41) is 69.1. The van der Waals surface area contributed by atoms with Gasteiger partial charge >= 0.3 is 11.9 Å². The molecule has 92 heavy (non-hydrogen) atoms. The Balaban J connectivity index is 1.41. The molecule has 4 saturated carbocycles. The van der Waals surface area contributed by atoms with Gasteiger partial charge in [0.05, 0.1) is 24.2 Å². The summed E-state index contributed by atoms with van der Waals surface area (Å²) < 4.78 is 0.